The standard InChI is InChI=1S/C5H5N.CBN.B.2Na.2H/c1-2-4-6-5-3-1;2-1-3;;;;;/h1-5H;;;;;;/q;;;2*+1;2*-1. The van der Waals surface area contributed by atoms with Crippen LogP contribution < -0.4 is 59.1 Å². The van der Waals surface area contributed by atoms with E-state index in [1.54, 1.807) is 12.4 Å². The minimum absolute atomic E-state index is 0. The van der Waals surface area contributed by atoms with E-state index in [9.17, 15) is 0 Å². The first-order chi connectivity index (χ1) is 4.41. The van der Waals surface area contributed by atoms with Crippen LogP contribution in [0.15, 0.2) is 30.6 Å². The van der Waals surface area contributed by atoms with Gasteiger partial charge in [0, 0.05) is 20.8 Å². The summed E-state index contributed by atoms with van der Waals surface area (Å²) in [4.78, 5) is 3.78. The van der Waals surface area contributed by atoms with Crippen LogP contribution in [0.5, 0.6) is 0 Å². The Morgan fingerprint density at radius 2 is 1.50 bits per heavy atom. The molecule has 0 saturated heterocycles. The molecule has 0 amide bonds. The van der Waals surface area contributed by atoms with E-state index in [0.29, 0.717) is 0 Å². The Morgan fingerprint density at radius 3 is 1.58 bits per heavy atom. The van der Waals surface area contributed by atoms with Crippen molar-refractivity contribution in [3.8, 4) is 5.97 Å². The molecule has 1 aromatic rings. The minimum Gasteiger partial charge on any atom is -1.00 e. The first-order valence-electron chi connectivity index (χ1n) is 2.36. The second kappa shape index (κ2) is 22.6. The zero-order chi connectivity index (χ0) is 6.95. The number of nitrogens with zero attached hydrogens (tertiary/aromatic N) is 2. The van der Waals surface area contributed by atoms with Crippen LogP contribution in [0.2, 0.25) is 0 Å². The van der Waals surface area contributed by atoms with Crippen molar-refractivity contribution in [2.24, 2.45) is 0 Å². The van der Waals surface area contributed by atoms with Crippen molar-refractivity contribution in [3.63, 3.8) is 0 Å². The number of hydrogen-bond donors (Lipinski definition) is 0. The fraction of sp³-hybridized carbons (Fsp3) is 0. The van der Waals surface area contributed by atoms with Crippen LogP contribution in [0.25, 0.3) is 0 Å². The van der Waals surface area contributed by atoms with Crippen LogP contribution in [0, 0.1) is 11.2 Å². The molecule has 49 valence electrons. The summed E-state index contributed by atoms with van der Waals surface area (Å²) in [6, 6.07) is 5.72. The zero-order valence-electron chi connectivity index (χ0n) is 9.44. The molecule has 0 bridgehead atoms. The van der Waals surface area contributed by atoms with Crippen molar-refractivity contribution in [2.45, 2.75) is 0 Å². The largest absolute Gasteiger partial charge is 1.00 e. The van der Waals surface area contributed by atoms with Crippen LogP contribution in [-0.4, -0.2) is 21.2 Å². The predicted octanol–water partition coefficient (Wildman–Crippen LogP) is -5.43. The average molecular weight is 175 g/mol. The molecular weight excluding hydrogens is 168 g/mol. The Kier molecular flexibility index (Phi) is 43.3. The molecule has 1 heterocycles. The maximum Gasteiger partial charge on any atom is 1.00 e. The molecule has 6 heteroatoms. The molecule has 0 aliphatic carbocycles. The number of nitriles is 1. The van der Waals surface area contributed by atoms with Crippen molar-refractivity contribution in [1.82, 2.24) is 4.98 Å². The van der Waals surface area contributed by atoms with Gasteiger partial charge in [-0.1, -0.05) is 6.07 Å². The molecule has 0 fully saturated rings. The molecule has 12 heavy (non-hydrogen) atoms. The molecule has 0 aromatic carbocycles. The topological polar surface area (TPSA) is 36.7 Å². The van der Waals surface area contributed by atoms with Gasteiger partial charge in [-0.05, 0) is 18.1 Å². The second-order valence-corrected chi connectivity index (χ2v) is 1.15. The zero-order valence-corrected chi connectivity index (χ0v) is 11.4. The van der Waals surface area contributed by atoms with Gasteiger partial charge in [-0.25, -0.2) is 5.26 Å². The summed E-state index contributed by atoms with van der Waals surface area (Å²) >= 11 is 0. The van der Waals surface area contributed by atoms with E-state index in [2.05, 4.69) is 12.8 Å². The molecule has 5 radical (unpaired) electrons. The Hall–Kier alpha value is 0.770. The van der Waals surface area contributed by atoms with Gasteiger partial charge in [0.2, 0.25) is 7.85 Å². The van der Waals surface area contributed by atoms with Crippen LogP contribution >= 0.6 is 0 Å². The third kappa shape index (κ3) is 22.4. The van der Waals surface area contributed by atoms with Gasteiger partial charge in [0.1, 0.15) is 0 Å². The molecule has 0 aliphatic rings. The normalized spacial score (nSPS) is 4.58. The molecule has 0 saturated carbocycles. The monoisotopic (exact) mass is 175 g/mol. The molecule has 0 unspecified atom stereocenters. The summed E-state index contributed by atoms with van der Waals surface area (Å²) in [7, 11) is 4.15. The Labute approximate surface area is 124 Å². The smallest absolute Gasteiger partial charge is 1.00 e. The van der Waals surface area contributed by atoms with E-state index in [0.717, 1.165) is 0 Å². The molecule has 1 aromatic heterocycles. The Morgan fingerprint density at radius 1 is 1.17 bits per heavy atom. The van der Waals surface area contributed by atoms with Crippen LogP contribution in [-0.2, 0) is 0 Å². The summed E-state index contributed by atoms with van der Waals surface area (Å²) in [5, 5.41) is 7.10. The molecule has 0 N–H and O–H groups in total. The van der Waals surface area contributed by atoms with Gasteiger partial charge in [-0.3, -0.25) is 4.98 Å². The van der Waals surface area contributed by atoms with Gasteiger partial charge in [0.15, 0.2) is 0 Å². The SMILES string of the molecule is [B].[B]C#N.[H-].[H-].[Na+].[Na+].c1ccncc1. The average Bonchev–Trinajstić information content (AvgIpc) is 1.93. The molecule has 0 aliphatic heterocycles. The van der Waals surface area contributed by atoms with Crippen LogP contribution in [0.1, 0.15) is 2.85 Å². The van der Waals surface area contributed by atoms with Gasteiger partial charge < -0.3 is 2.85 Å². The van der Waals surface area contributed by atoms with Gasteiger partial charge >= 0.3 is 59.1 Å². The maximum absolute atomic E-state index is 7.10. The molecule has 0 atom stereocenters. The Bertz CT molecular complexity index is 160. The van der Waals surface area contributed by atoms with Crippen LogP contribution in [0.4, 0.5) is 0 Å². The van der Waals surface area contributed by atoms with Gasteiger partial charge in [0.05, 0.1) is 0 Å². The number of pyridine rings is 1. The summed E-state index contributed by atoms with van der Waals surface area (Å²) in [5.74, 6) is 1.25. The van der Waals surface area contributed by atoms with Gasteiger partial charge in [0.25, 0.3) is 0 Å². The molecule has 1 rings (SSSR count). The van der Waals surface area contributed by atoms with Crippen molar-refractivity contribution >= 4 is 16.3 Å². The summed E-state index contributed by atoms with van der Waals surface area (Å²) in [6.45, 7) is 0. The minimum atomic E-state index is 0. The van der Waals surface area contributed by atoms with Crippen molar-refractivity contribution in [3.05, 3.63) is 30.6 Å². The van der Waals surface area contributed by atoms with E-state index < -0.39 is 0 Å². The second-order valence-electron chi connectivity index (χ2n) is 1.15. The predicted molar refractivity (Wildman–Crippen MR) is 43.6 cm³/mol. The quantitative estimate of drug-likeness (QED) is 0.369. The molecule has 2 nitrogen and oxygen atoms in total. The maximum atomic E-state index is 7.10. The molecule has 0 spiro atoms. The van der Waals surface area contributed by atoms with Crippen molar-refractivity contribution < 1.29 is 62.0 Å². The van der Waals surface area contributed by atoms with E-state index in [1.807, 2.05) is 18.2 Å². The van der Waals surface area contributed by atoms with E-state index in [4.69, 9.17) is 5.26 Å². The van der Waals surface area contributed by atoms with Crippen LogP contribution in [0.3, 0.4) is 0 Å². The number of hydrogen-bond acceptors (Lipinski definition) is 2. The van der Waals surface area contributed by atoms with E-state index >= 15 is 0 Å². The summed E-state index contributed by atoms with van der Waals surface area (Å²) in [5.41, 5.74) is 0. The fourth-order valence-corrected chi connectivity index (χ4v) is 0.313. The first kappa shape index (κ1) is 23.0. The first-order valence-corrected chi connectivity index (χ1v) is 2.36. The number of aromatic nitrogens is 1. The third-order valence-electron chi connectivity index (χ3n) is 0.566. The summed E-state index contributed by atoms with van der Waals surface area (Å²) in [6.07, 6.45) is 3.50. The molecular formula is C6H7B2N2Na2. The number of rotatable bonds is 0. The fourth-order valence-electron chi connectivity index (χ4n) is 0.313. The van der Waals surface area contributed by atoms with Crippen molar-refractivity contribution in [1.29, 1.82) is 5.26 Å². The van der Waals surface area contributed by atoms with Crippen molar-refractivity contribution in [2.75, 3.05) is 0 Å². The van der Waals surface area contributed by atoms with Gasteiger partial charge in [-0.15, -0.1) is 0 Å². The van der Waals surface area contributed by atoms with Gasteiger partial charge in [-0.2, -0.15) is 0 Å². The van der Waals surface area contributed by atoms with E-state index in [1.165, 1.54) is 5.97 Å². The Balaban J connectivity index is -0.0000000186. The third-order valence-corrected chi connectivity index (χ3v) is 0.566. The van der Waals surface area contributed by atoms with E-state index in [-0.39, 0.29) is 70.4 Å². The summed E-state index contributed by atoms with van der Waals surface area (Å²) < 4.78 is 0.